The molecule has 0 heterocycles. The topological polar surface area (TPSA) is 196 Å². The number of carbonyl (C=O) groups excluding carboxylic acids is 3. The van der Waals surface area contributed by atoms with E-state index in [2.05, 4.69) is 21.2 Å². The number of carboxylic acids is 1. The molecule has 0 aliphatic rings. The average molecular weight is 559 g/mol. The normalized spacial score (nSPS) is 12.7. The second-order valence-electron chi connectivity index (χ2n) is 9.61. The summed E-state index contributed by atoms with van der Waals surface area (Å²) in [7, 11) is 0. The fourth-order valence-corrected chi connectivity index (χ4v) is 3.15. The molecule has 0 spiro atoms. The molecular weight excluding hydrogens is 524 g/mol. The lowest BCUT2D eigenvalue weighted by molar-refractivity contribution is -0.137. The molecule has 0 radical (unpaired) electrons. The molecule has 2 rings (SSSR count). The fraction of sp³-hybridized carbons (Fsp3) is 0.370. The van der Waals surface area contributed by atoms with Crippen LogP contribution in [0.2, 0.25) is 0 Å². The van der Waals surface area contributed by atoms with E-state index in [0.717, 1.165) is 0 Å². The van der Waals surface area contributed by atoms with E-state index in [1.165, 1.54) is 18.3 Å². The molecule has 6 N–H and O–H groups in total. The first-order valence-corrected chi connectivity index (χ1v) is 12.3. The highest BCUT2D eigenvalue weighted by molar-refractivity contribution is 5.92. The molecule has 2 aromatic carbocycles. The Kier molecular flexibility index (Phi) is 11.9. The van der Waals surface area contributed by atoms with Crippen LogP contribution in [0.5, 0.6) is 11.5 Å². The number of carbonyl (C=O) groups is 4. The molecule has 13 nitrogen and oxygen atoms in total. The number of aliphatic hydroxyl groups is 1. The highest BCUT2D eigenvalue weighted by Crippen LogP contribution is 2.13. The van der Waals surface area contributed by atoms with Crippen LogP contribution >= 0.6 is 0 Å². The Hall–Kier alpha value is -4.65. The van der Waals surface area contributed by atoms with E-state index >= 15 is 0 Å². The van der Waals surface area contributed by atoms with Crippen LogP contribution < -0.4 is 20.8 Å². The van der Waals surface area contributed by atoms with E-state index in [9.17, 15) is 29.4 Å². The average Bonchev–Trinajstić information content (AvgIpc) is 2.87. The first kappa shape index (κ1) is 31.6. The number of aliphatic carboxylic acids is 1. The molecule has 0 aliphatic heterocycles. The van der Waals surface area contributed by atoms with Gasteiger partial charge >= 0.3 is 12.1 Å². The summed E-state index contributed by atoms with van der Waals surface area (Å²) in [6, 6.07) is 10.0. The van der Waals surface area contributed by atoms with Crippen LogP contribution in [0.4, 0.5) is 4.79 Å². The van der Waals surface area contributed by atoms with Gasteiger partial charge in [0.05, 0.1) is 25.8 Å². The van der Waals surface area contributed by atoms with Gasteiger partial charge in [-0.15, -0.1) is 0 Å². The van der Waals surface area contributed by atoms with Crippen LogP contribution in [-0.4, -0.2) is 76.3 Å². The lowest BCUT2D eigenvalue weighted by Crippen LogP contribution is -2.55. The first-order chi connectivity index (χ1) is 18.9. The summed E-state index contributed by atoms with van der Waals surface area (Å²) >= 11 is 0. The molecule has 2 aromatic rings. The van der Waals surface area contributed by atoms with Crippen LogP contribution in [0.25, 0.3) is 0 Å². The Labute approximate surface area is 231 Å². The van der Waals surface area contributed by atoms with E-state index < -0.39 is 48.2 Å². The number of hydrogen-bond donors (Lipinski definition) is 6. The van der Waals surface area contributed by atoms with Crippen LogP contribution in [-0.2, 0) is 25.5 Å². The quantitative estimate of drug-likeness (QED) is 0.155. The summed E-state index contributed by atoms with van der Waals surface area (Å²) in [5.41, 5.74) is 2.74. The lowest BCUT2D eigenvalue weighted by atomic mass is 10.0. The maximum atomic E-state index is 13.0. The van der Waals surface area contributed by atoms with E-state index in [-0.39, 0.29) is 25.2 Å². The van der Waals surface area contributed by atoms with Crippen molar-refractivity contribution in [3.8, 4) is 11.5 Å². The number of aromatic hydroxyl groups is 1. The summed E-state index contributed by atoms with van der Waals surface area (Å²) in [6.45, 7) is 4.21. The van der Waals surface area contributed by atoms with Crippen LogP contribution in [0, 0.1) is 0 Å². The minimum Gasteiger partial charge on any atom is -0.508 e. The second-order valence-corrected chi connectivity index (χ2v) is 9.61. The number of nitrogens with one attached hydrogen (secondary N) is 3. The van der Waals surface area contributed by atoms with E-state index in [1.807, 2.05) is 0 Å². The number of carboxylic acid groups (broad SMARTS) is 1. The Bertz CT molecular complexity index is 1180. The third-order valence-electron chi connectivity index (χ3n) is 5.05. The van der Waals surface area contributed by atoms with Crippen molar-refractivity contribution in [3.63, 3.8) is 0 Å². The molecule has 13 heteroatoms. The third-order valence-corrected chi connectivity index (χ3v) is 5.05. The van der Waals surface area contributed by atoms with E-state index in [4.69, 9.17) is 14.6 Å². The maximum Gasteiger partial charge on any atom is 0.408 e. The van der Waals surface area contributed by atoms with Gasteiger partial charge in [-0.3, -0.25) is 14.4 Å². The van der Waals surface area contributed by atoms with Gasteiger partial charge in [0.1, 0.15) is 29.2 Å². The molecule has 3 amide bonds. The number of benzene rings is 2. The molecule has 40 heavy (non-hydrogen) atoms. The van der Waals surface area contributed by atoms with E-state index in [0.29, 0.717) is 16.9 Å². The molecule has 0 aliphatic carbocycles. The summed E-state index contributed by atoms with van der Waals surface area (Å²) in [6.07, 6.45) is 0.330. The molecule has 0 unspecified atom stereocenters. The Balaban J connectivity index is 2.07. The number of phenolic OH excluding ortho intramolecular Hbond substituents is 1. The largest absolute Gasteiger partial charge is 0.508 e. The van der Waals surface area contributed by atoms with Gasteiger partial charge in [0, 0.05) is 6.42 Å². The number of alkyl carbamates (subject to hydrolysis) is 1. The smallest absolute Gasteiger partial charge is 0.408 e. The monoisotopic (exact) mass is 558 g/mol. The standard InChI is InChI=1S/C27H34N4O9/c1-27(2,3)40-26(38)30-22(16-32)24(36)29-21(14-17-4-8-19(33)9-5-17)25(37)31-28-15-18-6-10-20(11-7-18)39-13-12-23(34)35/h4-11,15,21-22,32-33H,12-14,16H2,1-3H3,(H,29,36)(H,30,38)(H,31,37)(H,34,35)/b28-15-/t21-,22-/m0/s1. The summed E-state index contributed by atoms with van der Waals surface area (Å²) in [4.78, 5) is 48.4. The van der Waals surface area contributed by atoms with Gasteiger partial charge in [-0.2, -0.15) is 5.10 Å². The predicted octanol–water partition coefficient (Wildman–Crippen LogP) is 1.31. The Morgan fingerprint density at radius 3 is 2.17 bits per heavy atom. The van der Waals surface area contributed by atoms with Crippen molar-refractivity contribution in [3.05, 3.63) is 59.7 Å². The number of hydrogen-bond acceptors (Lipinski definition) is 9. The van der Waals surface area contributed by atoms with Crippen molar-refractivity contribution in [2.24, 2.45) is 5.10 Å². The zero-order valence-electron chi connectivity index (χ0n) is 22.4. The fourth-order valence-electron chi connectivity index (χ4n) is 3.15. The number of nitrogens with zero attached hydrogens (tertiary/aromatic N) is 1. The van der Waals surface area contributed by atoms with Gasteiger partial charge in [0.25, 0.3) is 5.91 Å². The number of amides is 3. The van der Waals surface area contributed by atoms with Crippen molar-refractivity contribution >= 4 is 30.1 Å². The summed E-state index contributed by atoms with van der Waals surface area (Å²) in [5, 5.41) is 36.6. The minimum absolute atomic E-state index is 0.0142. The molecule has 0 aromatic heterocycles. The number of aliphatic hydroxyl groups excluding tert-OH is 1. The molecule has 0 bridgehead atoms. The van der Waals surface area contributed by atoms with Gasteiger partial charge in [0.2, 0.25) is 5.91 Å². The Morgan fingerprint density at radius 2 is 1.60 bits per heavy atom. The van der Waals surface area contributed by atoms with Gasteiger partial charge in [-0.1, -0.05) is 12.1 Å². The molecule has 216 valence electrons. The van der Waals surface area contributed by atoms with Gasteiger partial charge in [-0.05, 0) is 68.3 Å². The second kappa shape index (κ2) is 15.1. The summed E-state index contributed by atoms with van der Waals surface area (Å²) in [5.74, 6) is -1.98. The number of ether oxygens (including phenoxy) is 2. The van der Waals surface area contributed by atoms with Crippen molar-refractivity contribution in [1.82, 2.24) is 16.1 Å². The number of rotatable bonds is 13. The minimum atomic E-state index is -1.38. The predicted molar refractivity (Wildman–Crippen MR) is 144 cm³/mol. The summed E-state index contributed by atoms with van der Waals surface area (Å²) < 4.78 is 10.4. The van der Waals surface area contributed by atoms with Crippen LogP contribution in [0.3, 0.4) is 0 Å². The van der Waals surface area contributed by atoms with Crippen molar-refractivity contribution in [2.45, 2.75) is 51.3 Å². The SMILES string of the molecule is CC(C)(C)OC(=O)N[C@@H](CO)C(=O)N[C@@H](Cc1ccc(O)cc1)C(=O)N/N=C\c1ccc(OCCC(=O)O)cc1. The van der Waals surface area contributed by atoms with Crippen molar-refractivity contribution in [1.29, 1.82) is 0 Å². The van der Waals surface area contributed by atoms with Crippen molar-refractivity contribution in [2.75, 3.05) is 13.2 Å². The zero-order chi connectivity index (χ0) is 29.7. The third kappa shape index (κ3) is 11.8. The van der Waals surface area contributed by atoms with Gasteiger partial charge < -0.3 is 35.4 Å². The molecule has 2 atom stereocenters. The lowest BCUT2D eigenvalue weighted by Gasteiger charge is -2.24. The molecule has 0 saturated heterocycles. The highest BCUT2D eigenvalue weighted by atomic mass is 16.6. The van der Waals surface area contributed by atoms with Gasteiger partial charge in [0.15, 0.2) is 0 Å². The first-order valence-electron chi connectivity index (χ1n) is 12.3. The molecule has 0 fully saturated rings. The van der Waals surface area contributed by atoms with E-state index in [1.54, 1.807) is 57.2 Å². The van der Waals surface area contributed by atoms with Gasteiger partial charge in [-0.25, -0.2) is 10.2 Å². The molecular formula is C27H34N4O9. The Morgan fingerprint density at radius 1 is 0.950 bits per heavy atom. The molecule has 0 saturated carbocycles. The zero-order valence-corrected chi connectivity index (χ0v) is 22.4. The number of hydrazone groups is 1. The maximum absolute atomic E-state index is 13.0. The van der Waals surface area contributed by atoms with Crippen LogP contribution in [0.1, 0.15) is 38.3 Å². The van der Waals surface area contributed by atoms with Crippen molar-refractivity contribution < 1.29 is 44.0 Å². The van der Waals surface area contributed by atoms with Crippen LogP contribution in [0.15, 0.2) is 53.6 Å². The highest BCUT2D eigenvalue weighted by Gasteiger charge is 2.28. The number of phenols is 1.